The van der Waals surface area contributed by atoms with Crippen LogP contribution < -0.4 is 4.74 Å². The highest BCUT2D eigenvalue weighted by molar-refractivity contribution is 9.10. The van der Waals surface area contributed by atoms with Gasteiger partial charge in [-0.25, -0.2) is 0 Å². The molecule has 0 aliphatic carbocycles. The summed E-state index contributed by atoms with van der Waals surface area (Å²) in [7, 11) is 0. The molecule has 2 rings (SSSR count). The van der Waals surface area contributed by atoms with Crippen LogP contribution in [0.25, 0.3) is 0 Å². The van der Waals surface area contributed by atoms with Crippen LogP contribution in [-0.2, 0) is 4.79 Å². The zero-order valence-electron chi connectivity index (χ0n) is 8.91. The molecule has 16 heavy (non-hydrogen) atoms. The molecule has 3 nitrogen and oxygen atoms in total. The lowest BCUT2D eigenvalue weighted by molar-refractivity contribution is -0.128. The molecule has 1 aliphatic rings. The second-order valence-electron chi connectivity index (χ2n) is 3.70. The van der Waals surface area contributed by atoms with Crippen LogP contribution >= 0.6 is 15.9 Å². The standard InChI is InChI=1S/C12H13BrNO2/c13-10-3-5-11(6-4-10)16-9-8-14-7-1-2-12(14)15/h3-5H,1-2,7-9H2. The third-order valence-corrected chi connectivity index (χ3v) is 3.03. The molecule has 0 spiro atoms. The van der Waals surface area contributed by atoms with E-state index in [2.05, 4.69) is 22.0 Å². The molecule has 0 atom stereocenters. The van der Waals surface area contributed by atoms with Gasteiger partial charge < -0.3 is 9.64 Å². The minimum atomic E-state index is 0.239. The van der Waals surface area contributed by atoms with Gasteiger partial charge in [0.25, 0.3) is 0 Å². The van der Waals surface area contributed by atoms with Gasteiger partial charge in [-0.2, -0.15) is 0 Å². The number of hydrogen-bond acceptors (Lipinski definition) is 2. The van der Waals surface area contributed by atoms with Gasteiger partial charge in [0.2, 0.25) is 5.91 Å². The van der Waals surface area contributed by atoms with Gasteiger partial charge in [0.1, 0.15) is 12.4 Å². The van der Waals surface area contributed by atoms with Gasteiger partial charge >= 0.3 is 0 Å². The number of likely N-dealkylation sites (tertiary alicyclic amines) is 1. The quantitative estimate of drug-likeness (QED) is 0.848. The van der Waals surface area contributed by atoms with Gasteiger partial charge in [0, 0.05) is 23.5 Å². The van der Waals surface area contributed by atoms with Crippen molar-refractivity contribution in [3.8, 4) is 5.75 Å². The van der Waals surface area contributed by atoms with Crippen LogP contribution in [0, 0.1) is 6.07 Å². The number of carbonyl (C=O) groups excluding carboxylic acids is 1. The van der Waals surface area contributed by atoms with E-state index in [1.807, 2.05) is 23.1 Å². The van der Waals surface area contributed by atoms with E-state index in [0.717, 1.165) is 23.2 Å². The summed E-state index contributed by atoms with van der Waals surface area (Å²) in [6.45, 7) is 2.07. The van der Waals surface area contributed by atoms with Crippen molar-refractivity contribution in [1.82, 2.24) is 4.90 Å². The van der Waals surface area contributed by atoms with Gasteiger partial charge in [-0.3, -0.25) is 4.79 Å². The number of carbonyl (C=O) groups is 1. The summed E-state index contributed by atoms with van der Waals surface area (Å²) in [5, 5.41) is 0. The van der Waals surface area contributed by atoms with E-state index in [1.54, 1.807) is 0 Å². The fourth-order valence-corrected chi connectivity index (χ4v) is 1.93. The van der Waals surface area contributed by atoms with Gasteiger partial charge in [-0.1, -0.05) is 15.9 Å². The van der Waals surface area contributed by atoms with Gasteiger partial charge in [0.05, 0.1) is 6.54 Å². The first-order valence-corrected chi connectivity index (χ1v) is 6.13. The fourth-order valence-electron chi connectivity index (χ4n) is 1.69. The van der Waals surface area contributed by atoms with E-state index in [0.29, 0.717) is 19.6 Å². The summed E-state index contributed by atoms with van der Waals surface area (Å²) < 4.78 is 6.48. The van der Waals surface area contributed by atoms with Crippen LogP contribution in [0.2, 0.25) is 0 Å². The molecule has 1 aromatic carbocycles. The SMILES string of the molecule is O=C1CCCN1CCOc1[c]cc(Br)cc1. The summed E-state index contributed by atoms with van der Waals surface area (Å²) in [5.41, 5.74) is 0. The first-order chi connectivity index (χ1) is 7.75. The maximum absolute atomic E-state index is 11.3. The molecular weight excluding hydrogens is 270 g/mol. The lowest BCUT2D eigenvalue weighted by Gasteiger charge is -2.15. The monoisotopic (exact) mass is 282 g/mol. The smallest absolute Gasteiger partial charge is 0.222 e. The van der Waals surface area contributed by atoms with E-state index in [-0.39, 0.29) is 5.91 Å². The van der Waals surface area contributed by atoms with Crippen LogP contribution in [-0.4, -0.2) is 30.5 Å². The van der Waals surface area contributed by atoms with Crippen molar-refractivity contribution >= 4 is 21.8 Å². The Morgan fingerprint density at radius 1 is 1.50 bits per heavy atom. The van der Waals surface area contributed by atoms with Crippen LogP contribution in [0.5, 0.6) is 5.75 Å². The third kappa shape index (κ3) is 2.98. The van der Waals surface area contributed by atoms with Crippen molar-refractivity contribution in [3.05, 3.63) is 28.7 Å². The lowest BCUT2D eigenvalue weighted by atomic mass is 10.3. The Hall–Kier alpha value is -1.03. The lowest BCUT2D eigenvalue weighted by Crippen LogP contribution is -2.29. The second-order valence-corrected chi connectivity index (χ2v) is 4.62. The molecule has 0 aromatic heterocycles. The first-order valence-electron chi connectivity index (χ1n) is 5.33. The Morgan fingerprint density at radius 2 is 2.38 bits per heavy atom. The molecule has 1 radical (unpaired) electrons. The normalized spacial score (nSPS) is 15.6. The largest absolute Gasteiger partial charge is 0.491 e. The first kappa shape index (κ1) is 11.5. The molecule has 1 amide bonds. The zero-order chi connectivity index (χ0) is 11.4. The predicted octanol–water partition coefficient (Wildman–Crippen LogP) is 2.25. The highest BCUT2D eigenvalue weighted by atomic mass is 79.9. The Kier molecular flexibility index (Phi) is 3.83. The fraction of sp³-hybridized carbons (Fsp3) is 0.417. The molecule has 1 aliphatic heterocycles. The average molecular weight is 283 g/mol. The molecule has 4 heteroatoms. The van der Waals surface area contributed by atoms with Crippen LogP contribution in [0.3, 0.4) is 0 Å². The van der Waals surface area contributed by atoms with Crippen LogP contribution in [0.15, 0.2) is 22.7 Å². The molecule has 0 unspecified atom stereocenters. The average Bonchev–Trinajstić information content (AvgIpc) is 2.68. The van der Waals surface area contributed by atoms with Crippen molar-refractivity contribution in [2.24, 2.45) is 0 Å². The Bertz CT molecular complexity index is 364. The van der Waals surface area contributed by atoms with Crippen molar-refractivity contribution in [3.63, 3.8) is 0 Å². The van der Waals surface area contributed by atoms with E-state index < -0.39 is 0 Å². The number of halogens is 1. The highest BCUT2D eigenvalue weighted by Crippen LogP contribution is 2.15. The van der Waals surface area contributed by atoms with Gasteiger partial charge in [-0.05, 0) is 24.6 Å². The molecule has 1 aromatic rings. The van der Waals surface area contributed by atoms with Gasteiger partial charge in [-0.15, -0.1) is 0 Å². The number of ether oxygens (including phenoxy) is 1. The van der Waals surface area contributed by atoms with Crippen molar-refractivity contribution in [2.45, 2.75) is 12.8 Å². The molecule has 1 saturated heterocycles. The van der Waals surface area contributed by atoms with Crippen molar-refractivity contribution < 1.29 is 9.53 Å². The minimum absolute atomic E-state index is 0.239. The van der Waals surface area contributed by atoms with Crippen LogP contribution in [0.4, 0.5) is 0 Å². The topological polar surface area (TPSA) is 29.5 Å². The van der Waals surface area contributed by atoms with Crippen molar-refractivity contribution in [2.75, 3.05) is 19.7 Å². The Balaban J connectivity index is 1.75. The second kappa shape index (κ2) is 5.34. The Morgan fingerprint density at radius 3 is 3.00 bits per heavy atom. The number of amides is 1. The maximum atomic E-state index is 11.3. The molecule has 1 fully saturated rings. The number of benzene rings is 1. The van der Waals surface area contributed by atoms with E-state index in [4.69, 9.17) is 4.74 Å². The molecular formula is C12H13BrNO2. The van der Waals surface area contributed by atoms with E-state index >= 15 is 0 Å². The van der Waals surface area contributed by atoms with Gasteiger partial charge in [0.15, 0.2) is 0 Å². The summed E-state index contributed by atoms with van der Waals surface area (Å²) in [6.07, 6.45) is 1.66. The summed E-state index contributed by atoms with van der Waals surface area (Å²) in [4.78, 5) is 13.2. The summed E-state index contributed by atoms with van der Waals surface area (Å²) in [6, 6.07) is 8.58. The molecule has 0 N–H and O–H groups in total. The zero-order valence-corrected chi connectivity index (χ0v) is 10.5. The molecule has 1 heterocycles. The third-order valence-electron chi connectivity index (χ3n) is 2.54. The Labute approximate surface area is 104 Å². The van der Waals surface area contributed by atoms with E-state index in [1.165, 1.54) is 0 Å². The number of rotatable bonds is 4. The van der Waals surface area contributed by atoms with Crippen molar-refractivity contribution in [1.29, 1.82) is 0 Å². The maximum Gasteiger partial charge on any atom is 0.222 e. The molecule has 85 valence electrons. The number of nitrogens with zero attached hydrogens (tertiary/aromatic N) is 1. The van der Waals surface area contributed by atoms with Crippen LogP contribution in [0.1, 0.15) is 12.8 Å². The highest BCUT2D eigenvalue weighted by Gasteiger charge is 2.19. The summed E-state index contributed by atoms with van der Waals surface area (Å²) >= 11 is 3.34. The number of hydrogen-bond donors (Lipinski definition) is 0. The van der Waals surface area contributed by atoms with E-state index in [9.17, 15) is 4.79 Å². The minimum Gasteiger partial charge on any atom is -0.491 e. The molecule has 0 bridgehead atoms. The predicted molar refractivity (Wildman–Crippen MR) is 64.3 cm³/mol. The summed E-state index contributed by atoms with van der Waals surface area (Å²) in [5.74, 6) is 0.957. The molecule has 0 saturated carbocycles.